The Balaban J connectivity index is 2.23. The van der Waals surface area contributed by atoms with Gasteiger partial charge in [0.15, 0.2) is 0 Å². The van der Waals surface area contributed by atoms with E-state index in [0.29, 0.717) is 18.2 Å². The van der Waals surface area contributed by atoms with Gasteiger partial charge in [0.1, 0.15) is 0 Å². The molecule has 0 radical (unpaired) electrons. The summed E-state index contributed by atoms with van der Waals surface area (Å²) in [4.78, 5) is 22.8. The van der Waals surface area contributed by atoms with Crippen LogP contribution in [0.1, 0.15) is 13.8 Å². The Morgan fingerprint density at radius 2 is 1.78 bits per heavy atom. The SMILES string of the molecule is CC(C)CNC(=O)CNC(=O)Nc1ccccc1. The highest BCUT2D eigenvalue weighted by molar-refractivity contribution is 5.92. The molecular formula is C13H19N3O2. The molecule has 1 aromatic carbocycles. The maximum absolute atomic E-state index is 11.5. The Hall–Kier alpha value is -2.04. The van der Waals surface area contributed by atoms with Crippen LogP contribution >= 0.6 is 0 Å². The molecule has 5 heteroatoms. The van der Waals surface area contributed by atoms with Crippen molar-refractivity contribution in [1.29, 1.82) is 0 Å². The van der Waals surface area contributed by atoms with E-state index in [4.69, 9.17) is 0 Å². The zero-order valence-corrected chi connectivity index (χ0v) is 10.7. The smallest absolute Gasteiger partial charge is 0.319 e. The summed E-state index contributed by atoms with van der Waals surface area (Å²) >= 11 is 0. The minimum Gasteiger partial charge on any atom is -0.354 e. The number of rotatable bonds is 5. The van der Waals surface area contributed by atoms with Crippen molar-refractivity contribution >= 4 is 17.6 Å². The van der Waals surface area contributed by atoms with Crippen LogP contribution in [0.2, 0.25) is 0 Å². The molecule has 98 valence electrons. The van der Waals surface area contributed by atoms with E-state index in [0.717, 1.165) is 0 Å². The summed E-state index contributed by atoms with van der Waals surface area (Å²) in [6.07, 6.45) is 0. The highest BCUT2D eigenvalue weighted by Crippen LogP contribution is 2.03. The van der Waals surface area contributed by atoms with E-state index in [-0.39, 0.29) is 18.5 Å². The monoisotopic (exact) mass is 249 g/mol. The van der Waals surface area contributed by atoms with Crippen molar-refractivity contribution in [3.63, 3.8) is 0 Å². The lowest BCUT2D eigenvalue weighted by Gasteiger charge is -2.09. The van der Waals surface area contributed by atoms with Crippen LogP contribution in [0.3, 0.4) is 0 Å². The number of carbonyl (C=O) groups excluding carboxylic acids is 2. The van der Waals surface area contributed by atoms with Crippen LogP contribution in [-0.4, -0.2) is 25.0 Å². The Labute approximate surface area is 107 Å². The van der Waals surface area contributed by atoms with Crippen LogP contribution in [0, 0.1) is 5.92 Å². The topological polar surface area (TPSA) is 70.2 Å². The maximum Gasteiger partial charge on any atom is 0.319 e. The molecule has 18 heavy (non-hydrogen) atoms. The van der Waals surface area contributed by atoms with Crippen molar-refractivity contribution in [2.75, 3.05) is 18.4 Å². The molecule has 0 saturated carbocycles. The number of hydrogen-bond donors (Lipinski definition) is 3. The first-order chi connectivity index (χ1) is 8.58. The molecule has 3 N–H and O–H groups in total. The summed E-state index contributed by atoms with van der Waals surface area (Å²) in [5, 5.41) is 7.84. The normalized spacial score (nSPS) is 9.94. The molecule has 1 aromatic rings. The van der Waals surface area contributed by atoms with Gasteiger partial charge in [-0.25, -0.2) is 4.79 Å². The first kappa shape index (κ1) is 14.0. The predicted molar refractivity (Wildman–Crippen MR) is 71.3 cm³/mol. The van der Waals surface area contributed by atoms with Crippen molar-refractivity contribution in [2.45, 2.75) is 13.8 Å². The molecular weight excluding hydrogens is 230 g/mol. The number of benzene rings is 1. The molecule has 0 aliphatic rings. The Kier molecular flexibility index (Phi) is 5.70. The molecule has 0 aliphatic carbocycles. The van der Waals surface area contributed by atoms with E-state index >= 15 is 0 Å². The highest BCUT2D eigenvalue weighted by Gasteiger charge is 2.05. The largest absolute Gasteiger partial charge is 0.354 e. The van der Waals surface area contributed by atoms with Crippen molar-refractivity contribution in [3.8, 4) is 0 Å². The van der Waals surface area contributed by atoms with Gasteiger partial charge < -0.3 is 16.0 Å². The molecule has 0 bridgehead atoms. The third-order valence-electron chi connectivity index (χ3n) is 2.15. The maximum atomic E-state index is 11.5. The van der Waals surface area contributed by atoms with Crippen LogP contribution in [0.25, 0.3) is 0 Å². The Bertz CT molecular complexity index is 390. The summed E-state index contributed by atoms with van der Waals surface area (Å²) in [7, 11) is 0. The molecule has 1 rings (SSSR count). The van der Waals surface area contributed by atoms with Gasteiger partial charge in [-0.3, -0.25) is 4.79 Å². The first-order valence-corrected chi connectivity index (χ1v) is 5.94. The average Bonchev–Trinajstić information content (AvgIpc) is 2.35. The molecule has 5 nitrogen and oxygen atoms in total. The van der Waals surface area contributed by atoms with Crippen LogP contribution in [0.15, 0.2) is 30.3 Å². The summed E-state index contributed by atoms with van der Waals surface area (Å²) in [5.74, 6) is 0.207. The molecule has 0 aromatic heterocycles. The minimum absolute atomic E-state index is 0.0224. The number of para-hydroxylation sites is 1. The van der Waals surface area contributed by atoms with Gasteiger partial charge in [-0.2, -0.15) is 0 Å². The van der Waals surface area contributed by atoms with E-state index in [1.165, 1.54) is 0 Å². The number of nitrogens with one attached hydrogen (secondary N) is 3. The number of anilines is 1. The van der Waals surface area contributed by atoms with E-state index in [9.17, 15) is 9.59 Å². The van der Waals surface area contributed by atoms with Crippen LogP contribution in [-0.2, 0) is 4.79 Å². The van der Waals surface area contributed by atoms with Gasteiger partial charge in [0, 0.05) is 12.2 Å². The number of amides is 3. The second-order valence-electron chi connectivity index (χ2n) is 4.37. The predicted octanol–water partition coefficient (Wildman–Crippen LogP) is 1.58. The second-order valence-corrected chi connectivity index (χ2v) is 4.37. The highest BCUT2D eigenvalue weighted by atomic mass is 16.2. The lowest BCUT2D eigenvalue weighted by Crippen LogP contribution is -2.39. The Morgan fingerprint density at radius 3 is 2.39 bits per heavy atom. The summed E-state index contributed by atoms with van der Waals surface area (Å²) < 4.78 is 0. The molecule has 0 unspecified atom stereocenters. The van der Waals surface area contributed by atoms with Crippen molar-refractivity contribution < 1.29 is 9.59 Å². The van der Waals surface area contributed by atoms with Crippen LogP contribution in [0.5, 0.6) is 0 Å². The lowest BCUT2D eigenvalue weighted by atomic mass is 10.2. The van der Waals surface area contributed by atoms with E-state index in [1.54, 1.807) is 12.1 Å². The van der Waals surface area contributed by atoms with Gasteiger partial charge in [-0.05, 0) is 18.1 Å². The first-order valence-electron chi connectivity index (χ1n) is 5.94. The quantitative estimate of drug-likeness (QED) is 0.741. The van der Waals surface area contributed by atoms with Gasteiger partial charge in [0.25, 0.3) is 0 Å². The zero-order chi connectivity index (χ0) is 13.4. The van der Waals surface area contributed by atoms with E-state index in [2.05, 4.69) is 16.0 Å². The number of urea groups is 1. The third-order valence-corrected chi connectivity index (χ3v) is 2.15. The molecule has 0 spiro atoms. The zero-order valence-electron chi connectivity index (χ0n) is 10.7. The molecule has 0 heterocycles. The summed E-state index contributed by atoms with van der Waals surface area (Å²) in [6.45, 7) is 4.61. The van der Waals surface area contributed by atoms with Gasteiger partial charge in [0.05, 0.1) is 6.54 Å². The van der Waals surface area contributed by atoms with Gasteiger partial charge >= 0.3 is 6.03 Å². The molecule has 0 saturated heterocycles. The van der Waals surface area contributed by atoms with Crippen molar-refractivity contribution in [1.82, 2.24) is 10.6 Å². The summed E-state index contributed by atoms with van der Waals surface area (Å²) in [6, 6.07) is 8.68. The molecule has 0 fully saturated rings. The van der Waals surface area contributed by atoms with Gasteiger partial charge in [0.2, 0.25) is 5.91 Å². The third kappa shape index (κ3) is 5.89. The van der Waals surface area contributed by atoms with Crippen LogP contribution in [0.4, 0.5) is 10.5 Å². The fourth-order valence-electron chi connectivity index (χ4n) is 1.24. The fourth-order valence-corrected chi connectivity index (χ4v) is 1.24. The van der Waals surface area contributed by atoms with Crippen molar-refractivity contribution in [3.05, 3.63) is 30.3 Å². The van der Waals surface area contributed by atoms with Gasteiger partial charge in [-0.15, -0.1) is 0 Å². The van der Waals surface area contributed by atoms with Crippen LogP contribution < -0.4 is 16.0 Å². The lowest BCUT2D eigenvalue weighted by molar-refractivity contribution is -0.120. The fraction of sp³-hybridized carbons (Fsp3) is 0.385. The summed E-state index contributed by atoms with van der Waals surface area (Å²) in [5.41, 5.74) is 0.692. The van der Waals surface area contributed by atoms with E-state index in [1.807, 2.05) is 32.0 Å². The minimum atomic E-state index is -0.388. The van der Waals surface area contributed by atoms with E-state index < -0.39 is 0 Å². The molecule has 0 atom stereocenters. The number of hydrogen-bond acceptors (Lipinski definition) is 2. The Morgan fingerprint density at radius 1 is 1.11 bits per heavy atom. The number of carbonyl (C=O) groups is 2. The second kappa shape index (κ2) is 7.32. The van der Waals surface area contributed by atoms with Gasteiger partial charge in [-0.1, -0.05) is 32.0 Å². The molecule has 0 aliphatic heterocycles. The average molecular weight is 249 g/mol. The van der Waals surface area contributed by atoms with Crippen molar-refractivity contribution in [2.24, 2.45) is 5.92 Å². The molecule has 3 amide bonds. The standard InChI is InChI=1S/C13H19N3O2/c1-10(2)8-14-12(17)9-15-13(18)16-11-6-4-3-5-7-11/h3-7,10H,8-9H2,1-2H3,(H,14,17)(H2,15,16,18).